The zero-order chi connectivity index (χ0) is 18.7. The van der Waals surface area contributed by atoms with Crippen molar-refractivity contribution in [2.45, 2.75) is 11.8 Å². The van der Waals surface area contributed by atoms with E-state index in [1.165, 1.54) is 10.4 Å². The van der Waals surface area contributed by atoms with Gasteiger partial charge in [-0.15, -0.1) is 0 Å². The average molecular weight is 410 g/mol. The van der Waals surface area contributed by atoms with E-state index in [9.17, 15) is 8.42 Å². The summed E-state index contributed by atoms with van der Waals surface area (Å²) in [6, 6.07) is 14.5. The number of aryl methyl sites for hydroxylation is 1. The highest BCUT2D eigenvalue weighted by Gasteiger charge is 2.30. The molecular weight excluding hydrogens is 390 g/mol. The van der Waals surface area contributed by atoms with Crippen LogP contribution in [0, 0.1) is 6.92 Å². The van der Waals surface area contributed by atoms with Crippen LogP contribution < -0.4 is 5.32 Å². The number of anilines is 1. The molecule has 2 aromatic carbocycles. The Morgan fingerprint density at radius 1 is 1.08 bits per heavy atom. The van der Waals surface area contributed by atoms with Crippen LogP contribution >= 0.6 is 23.8 Å². The van der Waals surface area contributed by atoms with Crippen LogP contribution in [0.1, 0.15) is 5.56 Å². The fourth-order valence-corrected chi connectivity index (χ4v) is 5.07. The molecule has 1 aliphatic heterocycles. The van der Waals surface area contributed by atoms with E-state index >= 15 is 0 Å². The molecule has 1 aliphatic rings. The lowest BCUT2D eigenvalue weighted by Gasteiger charge is -2.35. The number of rotatable bonds is 3. The number of benzene rings is 2. The van der Waals surface area contributed by atoms with Crippen LogP contribution in [0.3, 0.4) is 0 Å². The van der Waals surface area contributed by atoms with E-state index < -0.39 is 10.0 Å². The smallest absolute Gasteiger partial charge is 0.244 e. The Labute approximate surface area is 164 Å². The minimum Gasteiger partial charge on any atom is -0.346 e. The third-order valence-electron chi connectivity index (χ3n) is 4.25. The van der Waals surface area contributed by atoms with Gasteiger partial charge in [0.25, 0.3) is 0 Å². The maximum Gasteiger partial charge on any atom is 0.244 e. The van der Waals surface area contributed by atoms with Gasteiger partial charge in [0, 0.05) is 31.9 Å². The van der Waals surface area contributed by atoms with Crippen molar-refractivity contribution < 1.29 is 8.42 Å². The molecule has 1 heterocycles. The molecule has 1 fully saturated rings. The van der Waals surface area contributed by atoms with Gasteiger partial charge in [0.1, 0.15) is 4.90 Å². The van der Waals surface area contributed by atoms with Crippen molar-refractivity contribution in [1.29, 1.82) is 0 Å². The Morgan fingerprint density at radius 3 is 2.42 bits per heavy atom. The Kier molecular flexibility index (Phi) is 5.82. The van der Waals surface area contributed by atoms with Crippen LogP contribution in [0.5, 0.6) is 0 Å². The monoisotopic (exact) mass is 409 g/mol. The second kappa shape index (κ2) is 7.92. The molecule has 0 atom stereocenters. The molecule has 0 aromatic heterocycles. The molecule has 0 saturated carbocycles. The van der Waals surface area contributed by atoms with E-state index in [0.717, 1.165) is 11.3 Å². The molecule has 0 bridgehead atoms. The molecule has 1 saturated heterocycles. The largest absolute Gasteiger partial charge is 0.346 e. The number of piperazine rings is 1. The Bertz CT molecular complexity index is 910. The van der Waals surface area contributed by atoms with Crippen molar-refractivity contribution in [3.8, 4) is 0 Å². The van der Waals surface area contributed by atoms with E-state index in [1.807, 2.05) is 36.1 Å². The molecule has 5 nitrogen and oxygen atoms in total. The van der Waals surface area contributed by atoms with E-state index in [-0.39, 0.29) is 9.92 Å². The second-order valence-electron chi connectivity index (χ2n) is 6.12. The van der Waals surface area contributed by atoms with Gasteiger partial charge in [-0.2, -0.15) is 4.31 Å². The zero-order valence-corrected chi connectivity index (χ0v) is 16.7. The molecule has 8 heteroatoms. The summed E-state index contributed by atoms with van der Waals surface area (Å²) in [5, 5.41) is 4.06. The molecule has 138 valence electrons. The predicted molar refractivity (Wildman–Crippen MR) is 109 cm³/mol. The number of nitrogens with one attached hydrogen (secondary N) is 1. The van der Waals surface area contributed by atoms with Crippen molar-refractivity contribution in [2.24, 2.45) is 0 Å². The summed E-state index contributed by atoms with van der Waals surface area (Å²) in [4.78, 5) is 2.13. The maximum absolute atomic E-state index is 12.8. The summed E-state index contributed by atoms with van der Waals surface area (Å²) in [6.07, 6.45) is 0. The van der Waals surface area contributed by atoms with Gasteiger partial charge in [-0.3, -0.25) is 0 Å². The van der Waals surface area contributed by atoms with Crippen LogP contribution in [0.4, 0.5) is 5.69 Å². The van der Waals surface area contributed by atoms with Crippen molar-refractivity contribution in [3.05, 3.63) is 59.1 Å². The highest BCUT2D eigenvalue weighted by Crippen LogP contribution is 2.25. The maximum atomic E-state index is 12.8. The van der Waals surface area contributed by atoms with Crippen molar-refractivity contribution in [3.63, 3.8) is 0 Å². The van der Waals surface area contributed by atoms with Gasteiger partial charge in [0.15, 0.2) is 5.11 Å². The van der Waals surface area contributed by atoms with Crippen LogP contribution in [-0.2, 0) is 10.0 Å². The van der Waals surface area contributed by atoms with Crippen molar-refractivity contribution >= 4 is 44.6 Å². The quantitative estimate of drug-likeness (QED) is 0.788. The highest BCUT2D eigenvalue weighted by molar-refractivity contribution is 7.89. The minimum absolute atomic E-state index is 0.149. The second-order valence-corrected chi connectivity index (χ2v) is 8.82. The first-order valence-corrected chi connectivity index (χ1v) is 10.5. The Balaban J connectivity index is 1.64. The lowest BCUT2D eigenvalue weighted by Crippen LogP contribution is -2.51. The van der Waals surface area contributed by atoms with Crippen LogP contribution in [-0.4, -0.2) is 48.9 Å². The molecule has 0 spiro atoms. The number of nitrogens with zero attached hydrogens (tertiary/aromatic N) is 2. The summed E-state index contributed by atoms with van der Waals surface area (Å²) in [5.74, 6) is 0. The predicted octanol–water partition coefficient (Wildman–Crippen LogP) is 3.35. The normalized spacial score (nSPS) is 15.7. The molecule has 3 rings (SSSR count). The number of halogens is 1. The average Bonchev–Trinajstić information content (AvgIpc) is 2.62. The van der Waals surface area contributed by atoms with Gasteiger partial charge < -0.3 is 10.2 Å². The van der Waals surface area contributed by atoms with E-state index in [0.29, 0.717) is 31.3 Å². The molecule has 0 unspecified atom stereocenters. The highest BCUT2D eigenvalue weighted by atomic mass is 35.5. The summed E-state index contributed by atoms with van der Waals surface area (Å²) >= 11 is 11.5. The number of hydrogen-bond donors (Lipinski definition) is 1. The first-order valence-electron chi connectivity index (χ1n) is 8.25. The molecule has 0 amide bonds. The number of hydrogen-bond acceptors (Lipinski definition) is 3. The Hall–Kier alpha value is -1.67. The van der Waals surface area contributed by atoms with Gasteiger partial charge in [-0.1, -0.05) is 35.9 Å². The van der Waals surface area contributed by atoms with Gasteiger partial charge in [0.2, 0.25) is 10.0 Å². The van der Waals surface area contributed by atoms with Gasteiger partial charge in [-0.25, -0.2) is 8.42 Å². The SMILES string of the molecule is Cc1cccc(NC(=S)N2CCN(S(=O)(=O)c3ccccc3Cl)CC2)c1. The molecule has 1 N–H and O–H groups in total. The summed E-state index contributed by atoms with van der Waals surface area (Å²) in [6.45, 7) is 3.81. The van der Waals surface area contributed by atoms with Gasteiger partial charge in [0.05, 0.1) is 5.02 Å². The third kappa shape index (κ3) is 4.17. The number of sulfonamides is 1. The van der Waals surface area contributed by atoms with Crippen molar-refractivity contribution in [2.75, 3.05) is 31.5 Å². The Morgan fingerprint density at radius 2 is 1.77 bits per heavy atom. The molecule has 0 aliphatic carbocycles. The third-order valence-corrected chi connectivity index (χ3v) is 7.01. The number of thiocarbonyl (C=S) groups is 1. The van der Waals surface area contributed by atoms with E-state index in [1.54, 1.807) is 18.2 Å². The topological polar surface area (TPSA) is 52.6 Å². The first-order chi connectivity index (χ1) is 12.4. The first kappa shape index (κ1) is 19.1. The van der Waals surface area contributed by atoms with Crippen LogP contribution in [0.25, 0.3) is 0 Å². The summed E-state index contributed by atoms with van der Waals surface area (Å²) in [7, 11) is -3.60. The summed E-state index contributed by atoms with van der Waals surface area (Å²) in [5.41, 5.74) is 2.08. The molecule has 0 radical (unpaired) electrons. The molecule has 2 aromatic rings. The summed E-state index contributed by atoms with van der Waals surface area (Å²) < 4.78 is 27.0. The van der Waals surface area contributed by atoms with Crippen molar-refractivity contribution in [1.82, 2.24) is 9.21 Å². The van der Waals surface area contributed by atoms with E-state index in [4.69, 9.17) is 23.8 Å². The van der Waals surface area contributed by atoms with Gasteiger partial charge >= 0.3 is 0 Å². The molecular formula is C18H20ClN3O2S2. The van der Waals surface area contributed by atoms with Crippen LogP contribution in [0.2, 0.25) is 5.02 Å². The lowest BCUT2D eigenvalue weighted by molar-refractivity contribution is 0.268. The van der Waals surface area contributed by atoms with Gasteiger partial charge in [-0.05, 0) is 49.0 Å². The van der Waals surface area contributed by atoms with Crippen LogP contribution in [0.15, 0.2) is 53.4 Å². The van der Waals surface area contributed by atoms with E-state index in [2.05, 4.69) is 5.32 Å². The fraction of sp³-hybridized carbons (Fsp3) is 0.278. The molecule has 26 heavy (non-hydrogen) atoms. The fourth-order valence-electron chi connectivity index (χ4n) is 2.85. The minimum atomic E-state index is -3.60. The lowest BCUT2D eigenvalue weighted by atomic mass is 10.2. The standard InChI is InChI=1S/C18H20ClN3O2S2/c1-14-5-4-6-15(13-14)20-18(25)21-9-11-22(12-10-21)26(23,24)17-8-3-2-7-16(17)19/h2-8,13H,9-12H2,1H3,(H,20,25). The zero-order valence-electron chi connectivity index (χ0n) is 14.4.